The van der Waals surface area contributed by atoms with Gasteiger partial charge in [0.2, 0.25) is 0 Å². The molecule has 1 rings (SSSR count). The van der Waals surface area contributed by atoms with Gasteiger partial charge in [0.05, 0.1) is 0 Å². The number of hydrogen-bond donors (Lipinski definition) is 0. The first-order valence-corrected chi connectivity index (χ1v) is 5.35. The predicted molar refractivity (Wildman–Crippen MR) is 66.8 cm³/mol. The van der Waals surface area contributed by atoms with E-state index in [0.717, 1.165) is 11.3 Å². The van der Waals surface area contributed by atoms with Crippen LogP contribution < -0.4 is 0 Å². The van der Waals surface area contributed by atoms with E-state index in [4.69, 9.17) is 5.26 Å². The fraction of sp³-hybridized carbons (Fsp3) is 0.385. The van der Waals surface area contributed by atoms with Gasteiger partial charge in [-0.25, -0.2) is 0 Å². The van der Waals surface area contributed by atoms with Crippen LogP contribution >= 0.6 is 0 Å². The molecule has 17 heavy (non-hydrogen) atoms. The van der Waals surface area contributed by atoms with Gasteiger partial charge >= 0.3 is 0 Å². The molecule has 1 aromatic rings. The highest BCUT2D eigenvalue weighted by Crippen LogP contribution is 2.21. The van der Waals surface area contributed by atoms with E-state index in [1.165, 1.54) is 6.08 Å². The molecular formula is C13H17N3O. The zero-order chi connectivity index (χ0) is 13.2. The molecule has 0 fully saturated rings. The van der Waals surface area contributed by atoms with Crippen LogP contribution in [0.5, 0.6) is 0 Å². The first-order chi connectivity index (χ1) is 7.90. The maximum absolute atomic E-state index is 12.0. The third-order valence-corrected chi connectivity index (χ3v) is 2.81. The van der Waals surface area contributed by atoms with E-state index in [2.05, 4.69) is 6.07 Å². The first-order valence-electron chi connectivity index (χ1n) is 5.35. The SMILES string of the molecule is Cc1c(C(=O)/C=C/N(C)C)c(C)n(C)c1C#N. The van der Waals surface area contributed by atoms with Crippen LogP contribution in [-0.4, -0.2) is 29.3 Å². The van der Waals surface area contributed by atoms with Gasteiger partial charge in [0.15, 0.2) is 5.78 Å². The van der Waals surface area contributed by atoms with Crippen LogP contribution in [0, 0.1) is 25.2 Å². The molecule has 0 radical (unpaired) electrons. The smallest absolute Gasteiger partial charge is 0.189 e. The van der Waals surface area contributed by atoms with Gasteiger partial charge in [-0.2, -0.15) is 5.26 Å². The van der Waals surface area contributed by atoms with Gasteiger partial charge in [-0.05, 0) is 19.4 Å². The molecular weight excluding hydrogens is 214 g/mol. The first kappa shape index (κ1) is 13.0. The van der Waals surface area contributed by atoms with E-state index in [-0.39, 0.29) is 5.78 Å². The number of carbonyl (C=O) groups excluding carboxylic acids is 1. The Morgan fingerprint density at radius 1 is 1.41 bits per heavy atom. The molecule has 0 aromatic carbocycles. The van der Waals surface area contributed by atoms with Crippen LogP contribution in [0.3, 0.4) is 0 Å². The number of rotatable bonds is 3. The molecule has 4 heteroatoms. The lowest BCUT2D eigenvalue weighted by atomic mass is 10.1. The summed E-state index contributed by atoms with van der Waals surface area (Å²) in [6, 6.07) is 2.12. The zero-order valence-corrected chi connectivity index (χ0v) is 10.9. The summed E-state index contributed by atoms with van der Waals surface area (Å²) in [4.78, 5) is 13.8. The summed E-state index contributed by atoms with van der Waals surface area (Å²) >= 11 is 0. The summed E-state index contributed by atoms with van der Waals surface area (Å²) in [6.45, 7) is 3.66. The van der Waals surface area contributed by atoms with Crippen molar-refractivity contribution in [3.8, 4) is 6.07 Å². The van der Waals surface area contributed by atoms with Gasteiger partial charge in [0.1, 0.15) is 11.8 Å². The van der Waals surface area contributed by atoms with Crippen molar-refractivity contribution in [1.29, 1.82) is 5.26 Å². The van der Waals surface area contributed by atoms with Crippen molar-refractivity contribution < 1.29 is 4.79 Å². The summed E-state index contributed by atoms with van der Waals surface area (Å²) in [6.07, 6.45) is 3.23. The molecule has 0 unspecified atom stereocenters. The average molecular weight is 231 g/mol. The maximum Gasteiger partial charge on any atom is 0.189 e. The van der Waals surface area contributed by atoms with Gasteiger partial charge in [-0.15, -0.1) is 0 Å². The van der Waals surface area contributed by atoms with Crippen molar-refractivity contribution in [1.82, 2.24) is 9.47 Å². The van der Waals surface area contributed by atoms with Gasteiger partial charge in [0, 0.05) is 44.7 Å². The topological polar surface area (TPSA) is 49.0 Å². The van der Waals surface area contributed by atoms with E-state index < -0.39 is 0 Å². The van der Waals surface area contributed by atoms with Crippen molar-refractivity contribution in [3.63, 3.8) is 0 Å². The standard InChI is InChI=1S/C13H17N3O/c1-9-11(8-14)16(5)10(2)13(9)12(17)6-7-15(3)4/h6-7H,1-5H3/b7-6+. The third kappa shape index (κ3) is 2.39. The van der Waals surface area contributed by atoms with Gasteiger partial charge in [-0.1, -0.05) is 0 Å². The molecule has 1 heterocycles. The summed E-state index contributed by atoms with van der Waals surface area (Å²) < 4.78 is 1.76. The molecule has 0 amide bonds. The number of hydrogen-bond acceptors (Lipinski definition) is 3. The van der Waals surface area contributed by atoms with Crippen LogP contribution in [0.25, 0.3) is 0 Å². The largest absolute Gasteiger partial charge is 0.383 e. The summed E-state index contributed by atoms with van der Waals surface area (Å²) in [5.74, 6) is -0.0641. The van der Waals surface area contributed by atoms with E-state index in [9.17, 15) is 4.79 Å². The monoisotopic (exact) mass is 231 g/mol. The quantitative estimate of drug-likeness (QED) is 0.588. The molecule has 1 aromatic heterocycles. The number of nitrogens with zero attached hydrogens (tertiary/aromatic N) is 3. The van der Waals surface area contributed by atoms with Crippen molar-refractivity contribution in [2.45, 2.75) is 13.8 Å². The van der Waals surface area contributed by atoms with Crippen LogP contribution in [-0.2, 0) is 7.05 Å². The predicted octanol–water partition coefficient (Wildman–Crippen LogP) is 1.77. The van der Waals surface area contributed by atoms with E-state index in [1.807, 2.05) is 27.9 Å². The van der Waals surface area contributed by atoms with Crippen LogP contribution in [0.2, 0.25) is 0 Å². The second-order valence-corrected chi connectivity index (χ2v) is 4.25. The minimum Gasteiger partial charge on any atom is -0.383 e. The van der Waals surface area contributed by atoms with Crippen molar-refractivity contribution in [2.75, 3.05) is 14.1 Å². The van der Waals surface area contributed by atoms with Crippen molar-refractivity contribution in [3.05, 3.63) is 34.8 Å². The number of carbonyl (C=O) groups is 1. The van der Waals surface area contributed by atoms with E-state index >= 15 is 0 Å². The molecule has 0 saturated heterocycles. The minimum atomic E-state index is -0.0641. The molecule has 0 aliphatic carbocycles. The van der Waals surface area contributed by atoms with Crippen LogP contribution in [0.4, 0.5) is 0 Å². The highest BCUT2D eigenvalue weighted by atomic mass is 16.1. The normalized spacial score (nSPS) is 10.6. The summed E-state index contributed by atoms with van der Waals surface area (Å²) in [5, 5.41) is 9.03. The number of ketones is 1. The third-order valence-electron chi connectivity index (χ3n) is 2.81. The second kappa shape index (κ2) is 4.88. The van der Waals surface area contributed by atoms with Gasteiger partial charge < -0.3 is 9.47 Å². The van der Waals surface area contributed by atoms with Crippen molar-refractivity contribution in [2.24, 2.45) is 7.05 Å². The van der Waals surface area contributed by atoms with E-state index in [1.54, 1.807) is 22.7 Å². The highest BCUT2D eigenvalue weighted by molar-refractivity contribution is 6.06. The Bertz CT molecular complexity index is 516. The fourth-order valence-corrected chi connectivity index (χ4v) is 1.80. The molecule has 90 valence electrons. The molecule has 0 spiro atoms. The molecule has 0 N–H and O–H groups in total. The molecule has 0 atom stereocenters. The van der Waals surface area contributed by atoms with Gasteiger partial charge in [-0.3, -0.25) is 4.79 Å². The molecule has 0 bridgehead atoms. The summed E-state index contributed by atoms with van der Waals surface area (Å²) in [5.41, 5.74) is 2.75. The van der Waals surface area contributed by atoms with Crippen LogP contribution in [0.1, 0.15) is 27.3 Å². The van der Waals surface area contributed by atoms with Crippen molar-refractivity contribution >= 4 is 5.78 Å². The fourth-order valence-electron chi connectivity index (χ4n) is 1.80. The zero-order valence-electron chi connectivity index (χ0n) is 10.9. The lowest BCUT2D eigenvalue weighted by Gasteiger charge is -2.03. The van der Waals surface area contributed by atoms with Gasteiger partial charge in [0.25, 0.3) is 0 Å². The van der Waals surface area contributed by atoms with Crippen LogP contribution in [0.15, 0.2) is 12.3 Å². The Hall–Kier alpha value is -2.02. The minimum absolute atomic E-state index is 0.0641. The molecule has 0 saturated carbocycles. The average Bonchev–Trinajstić information content (AvgIpc) is 2.47. The summed E-state index contributed by atoms with van der Waals surface area (Å²) in [7, 11) is 5.51. The highest BCUT2D eigenvalue weighted by Gasteiger charge is 2.18. The lowest BCUT2D eigenvalue weighted by Crippen LogP contribution is -2.04. The lowest BCUT2D eigenvalue weighted by molar-refractivity contribution is 0.104. The maximum atomic E-state index is 12.0. The Morgan fingerprint density at radius 3 is 2.41 bits per heavy atom. The Kier molecular flexibility index (Phi) is 3.74. The Balaban J connectivity index is 3.25. The van der Waals surface area contributed by atoms with E-state index in [0.29, 0.717) is 11.3 Å². The molecule has 4 nitrogen and oxygen atoms in total. The molecule has 0 aliphatic heterocycles. The Morgan fingerprint density at radius 2 is 2.00 bits per heavy atom. The number of allylic oxidation sites excluding steroid dienone is 1. The number of aromatic nitrogens is 1. The Labute approximate surface area is 102 Å². The number of nitriles is 1. The molecule has 0 aliphatic rings. The second-order valence-electron chi connectivity index (χ2n) is 4.25.